The second-order valence-electron chi connectivity index (χ2n) is 5.78. The number of methoxy groups -OCH3 is 1. The van der Waals surface area contributed by atoms with Crippen LogP contribution in [0.5, 0.6) is 0 Å². The summed E-state index contributed by atoms with van der Waals surface area (Å²) >= 11 is 1.47. The molecule has 1 heterocycles. The Morgan fingerprint density at radius 3 is 2.76 bits per heavy atom. The third-order valence-corrected chi connectivity index (χ3v) is 4.85. The number of ether oxygens (including phenoxy) is 1. The molecule has 2 rings (SSSR count). The first-order valence-corrected chi connectivity index (χ1v) is 8.70. The lowest BCUT2D eigenvalue weighted by molar-refractivity contribution is -0.0918. The molecule has 0 bridgehead atoms. The molecule has 0 aromatic heterocycles. The minimum Gasteiger partial charge on any atom is -0.364 e. The maximum atomic E-state index is 13.3. The SMILES string of the molecule is COC(NC(C)/C=C(\C)C(F)(F)F)C1CSC(c2cccc(F)c2)=N1. The third kappa shape index (κ3) is 5.55. The lowest BCUT2D eigenvalue weighted by Gasteiger charge is -2.24. The van der Waals surface area contributed by atoms with Crippen LogP contribution in [-0.2, 0) is 4.74 Å². The normalized spacial score (nSPS) is 21.2. The zero-order valence-corrected chi connectivity index (χ0v) is 14.9. The minimum atomic E-state index is -4.34. The molecule has 0 radical (unpaired) electrons. The Morgan fingerprint density at radius 1 is 1.44 bits per heavy atom. The highest BCUT2D eigenvalue weighted by Gasteiger charge is 2.31. The number of allylic oxidation sites excluding steroid dienone is 1. The molecule has 0 saturated carbocycles. The van der Waals surface area contributed by atoms with Crippen LogP contribution in [0.15, 0.2) is 40.9 Å². The predicted molar refractivity (Wildman–Crippen MR) is 92.4 cm³/mol. The largest absolute Gasteiger partial charge is 0.412 e. The van der Waals surface area contributed by atoms with E-state index >= 15 is 0 Å². The van der Waals surface area contributed by atoms with E-state index in [0.29, 0.717) is 16.4 Å². The van der Waals surface area contributed by atoms with Crippen LogP contribution in [0.2, 0.25) is 0 Å². The van der Waals surface area contributed by atoms with E-state index in [4.69, 9.17) is 4.74 Å². The number of nitrogens with one attached hydrogen (secondary N) is 1. The van der Waals surface area contributed by atoms with Crippen LogP contribution in [0, 0.1) is 5.82 Å². The van der Waals surface area contributed by atoms with Crippen molar-refractivity contribution in [1.82, 2.24) is 5.32 Å². The van der Waals surface area contributed by atoms with Gasteiger partial charge < -0.3 is 4.74 Å². The van der Waals surface area contributed by atoms with Gasteiger partial charge in [-0.15, -0.1) is 11.8 Å². The van der Waals surface area contributed by atoms with E-state index in [2.05, 4.69) is 10.3 Å². The van der Waals surface area contributed by atoms with Gasteiger partial charge >= 0.3 is 6.18 Å². The first-order valence-electron chi connectivity index (χ1n) is 7.71. The maximum absolute atomic E-state index is 13.3. The van der Waals surface area contributed by atoms with Crippen LogP contribution in [0.25, 0.3) is 0 Å². The molecule has 0 saturated heterocycles. The lowest BCUT2D eigenvalue weighted by atomic mass is 10.2. The van der Waals surface area contributed by atoms with Crippen molar-refractivity contribution in [3.8, 4) is 0 Å². The predicted octanol–water partition coefficient (Wildman–Crippen LogP) is 4.15. The summed E-state index contributed by atoms with van der Waals surface area (Å²) in [6.45, 7) is 2.66. The second kappa shape index (κ2) is 8.33. The molecular weight excluding hydrogens is 356 g/mol. The molecule has 1 aliphatic rings. The quantitative estimate of drug-likeness (QED) is 0.460. The molecular formula is C17H20F4N2OS. The topological polar surface area (TPSA) is 33.6 Å². The molecule has 138 valence electrons. The molecule has 0 fully saturated rings. The zero-order chi connectivity index (χ0) is 18.6. The molecule has 25 heavy (non-hydrogen) atoms. The standard InChI is InChI=1S/C17H20F4N2OS/c1-10(17(19,20)21)7-11(2)22-15(24-3)14-9-25-16(23-14)12-5-4-6-13(18)8-12/h4-8,11,14-15,22H,9H2,1-3H3/b10-7+. The number of thioether (sulfide) groups is 1. The molecule has 0 amide bonds. The third-order valence-electron chi connectivity index (χ3n) is 3.72. The van der Waals surface area contributed by atoms with E-state index in [1.54, 1.807) is 19.1 Å². The van der Waals surface area contributed by atoms with Crippen molar-refractivity contribution in [2.45, 2.75) is 38.3 Å². The van der Waals surface area contributed by atoms with Crippen molar-refractivity contribution in [3.05, 3.63) is 47.3 Å². The highest BCUT2D eigenvalue weighted by atomic mass is 32.2. The smallest absolute Gasteiger partial charge is 0.364 e. The summed E-state index contributed by atoms with van der Waals surface area (Å²) in [4.78, 5) is 4.53. The summed E-state index contributed by atoms with van der Waals surface area (Å²) < 4.78 is 56.6. The summed E-state index contributed by atoms with van der Waals surface area (Å²) in [7, 11) is 1.48. The highest BCUT2D eigenvalue weighted by Crippen LogP contribution is 2.27. The van der Waals surface area contributed by atoms with Gasteiger partial charge in [-0.1, -0.05) is 18.2 Å². The summed E-state index contributed by atoms with van der Waals surface area (Å²) in [6.07, 6.45) is -3.76. The average Bonchev–Trinajstić information content (AvgIpc) is 3.01. The van der Waals surface area contributed by atoms with Gasteiger partial charge in [0.1, 0.15) is 18.1 Å². The van der Waals surface area contributed by atoms with E-state index in [1.165, 1.54) is 31.0 Å². The molecule has 1 N–H and O–H groups in total. The molecule has 0 aliphatic carbocycles. The fraction of sp³-hybridized carbons (Fsp3) is 0.471. The van der Waals surface area contributed by atoms with Gasteiger partial charge in [-0.25, -0.2) is 4.39 Å². The molecule has 1 aromatic carbocycles. The Bertz CT molecular complexity index is 660. The van der Waals surface area contributed by atoms with Gasteiger partial charge in [0.05, 0.1) is 5.04 Å². The number of hydrogen-bond acceptors (Lipinski definition) is 4. The van der Waals surface area contributed by atoms with E-state index in [9.17, 15) is 17.6 Å². The first-order chi connectivity index (χ1) is 11.7. The maximum Gasteiger partial charge on any atom is 0.412 e. The molecule has 3 atom stereocenters. The van der Waals surface area contributed by atoms with Crippen LogP contribution in [0.4, 0.5) is 17.6 Å². The number of halogens is 4. The molecule has 1 aromatic rings. The zero-order valence-electron chi connectivity index (χ0n) is 14.1. The van der Waals surface area contributed by atoms with Crippen LogP contribution in [0.3, 0.4) is 0 Å². The molecule has 0 spiro atoms. The van der Waals surface area contributed by atoms with E-state index in [0.717, 1.165) is 13.0 Å². The minimum absolute atomic E-state index is 0.268. The van der Waals surface area contributed by atoms with Gasteiger partial charge in [0.25, 0.3) is 0 Å². The lowest BCUT2D eigenvalue weighted by Crippen LogP contribution is -2.45. The summed E-state index contributed by atoms with van der Waals surface area (Å²) in [5, 5.41) is 3.70. The Kier molecular flexibility index (Phi) is 6.65. The summed E-state index contributed by atoms with van der Waals surface area (Å²) in [5.74, 6) is 0.263. The van der Waals surface area contributed by atoms with Crippen LogP contribution < -0.4 is 5.32 Å². The van der Waals surface area contributed by atoms with Gasteiger partial charge in [0, 0.05) is 30.0 Å². The van der Waals surface area contributed by atoms with Gasteiger partial charge in [-0.3, -0.25) is 10.3 Å². The number of rotatable bonds is 6. The van der Waals surface area contributed by atoms with Crippen molar-refractivity contribution in [3.63, 3.8) is 0 Å². The fourth-order valence-corrected chi connectivity index (χ4v) is 3.52. The Labute approximate surface area is 148 Å². The van der Waals surface area contributed by atoms with Crippen molar-refractivity contribution in [2.24, 2.45) is 4.99 Å². The van der Waals surface area contributed by atoms with Gasteiger partial charge in [0.2, 0.25) is 0 Å². The number of nitrogens with zero attached hydrogens (tertiary/aromatic N) is 1. The van der Waals surface area contributed by atoms with Crippen molar-refractivity contribution < 1.29 is 22.3 Å². The van der Waals surface area contributed by atoms with Crippen LogP contribution >= 0.6 is 11.8 Å². The Balaban J connectivity index is 2.06. The average molecular weight is 376 g/mol. The first kappa shape index (κ1) is 19.9. The molecule has 3 unspecified atom stereocenters. The van der Waals surface area contributed by atoms with Gasteiger partial charge in [-0.2, -0.15) is 13.2 Å². The number of alkyl halides is 3. The fourth-order valence-electron chi connectivity index (χ4n) is 2.44. The van der Waals surface area contributed by atoms with Crippen LogP contribution in [-0.4, -0.2) is 42.4 Å². The van der Waals surface area contributed by atoms with Crippen LogP contribution in [0.1, 0.15) is 19.4 Å². The monoisotopic (exact) mass is 376 g/mol. The van der Waals surface area contributed by atoms with Crippen molar-refractivity contribution in [2.75, 3.05) is 12.9 Å². The number of benzene rings is 1. The number of aliphatic imine (C=N–C) groups is 1. The molecule has 3 nitrogen and oxygen atoms in total. The Hall–Kier alpha value is -1.38. The Morgan fingerprint density at radius 2 is 2.16 bits per heavy atom. The van der Waals surface area contributed by atoms with Crippen molar-refractivity contribution in [1.29, 1.82) is 0 Å². The summed E-state index contributed by atoms with van der Waals surface area (Å²) in [5.41, 5.74) is 0.0234. The van der Waals surface area contributed by atoms with E-state index in [1.807, 2.05) is 0 Å². The second-order valence-corrected chi connectivity index (χ2v) is 6.79. The molecule has 8 heteroatoms. The van der Waals surface area contributed by atoms with Gasteiger partial charge in [-0.05, 0) is 26.0 Å². The summed E-state index contributed by atoms with van der Waals surface area (Å²) in [6, 6.07) is 5.34. The van der Waals surface area contributed by atoms with E-state index < -0.39 is 24.0 Å². The molecule has 1 aliphatic heterocycles. The van der Waals surface area contributed by atoms with Gasteiger partial charge in [0.15, 0.2) is 0 Å². The van der Waals surface area contributed by atoms with Crippen molar-refractivity contribution >= 4 is 16.8 Å². The van der Waals surface area contributed by atoms with E-state index in [-0.39, 0.29) is 11.9 Å². The highest BCUT2D eigenvalue weighted by molar-refractivity contribution is 8.14. The number of hydrogen-bond donors (Lipinski definition) is 1.